The van der Waals surface area contributed by atoms with Gasteiger partial charge in [0.1, 0.15) is 24.2 Å². The zero-order valence-electron chi connectivity index (χ0n) is 58.1. The van der Waals surface area contributed by atoms with Crippen molar-refractivity contribution < 1.29 is 137 Å². The predicted molar refractivity (Wildman–Crippen MR) is 368 cm³/mol. The molecule has 8 amide bonds. The molecular formula is C72H64N8O24Rh2. The molecule has 0 saturated carbocycles. The average Bonchev–Trinajstić information content (AvgIpc) is 0.748. The van der Waals surface area contributed by atoms with E-state index >= 15 is 0 Å². The van der Waals surface area contributed by atoms with Gasteiger partial charge in [0.25, 0.3) is 70.0 Å². The summed E-state index contributed by atoms with van der Waals surface area (Å²) in [4.78, 5) is 196. The fraction of sp³-hybridized carbons (Fsp3) is 0.278. The summed E-state index contributed by atoms with van der Waals surface area (Å²) in [6.07, 6.45) is 0. The summed E-state index contributed by atoms with van der Waals surface area (Å²) in [6.45, 7) is 19.5. The predicted octanol–water partition coefficient (Wildman–Crippen LogP) is 11.4. The third-order valence-electron chi connectivity index (χ3n) is 17.7. The number of carboxylic acid groups (broad SMARTS) is 4. The molecule has 554 valence electrons. The van der Waals surface area contributed by atoms with Gasteiger partial charge in [-0.3, -0.25) is 98.4 Å². The molecular weight excluding hydrogens is 1570 g/mol. The minimum absolute atomic E-state index is 0. The minimum Gasteiger partial charge on any atom is -0.480 e. The molecule has 8 aromatic rings. The molecule has 0 unspecified atom stereocenters. The maximum Gasteiger partial charge on any atom is 0.327 e. The summed E-state index contributed by atoms with van der Waals surface area (Å²) < 4.78 is 0. The number of imide groups is 4. The van der Waals surface area contributed by atoms with Gasteiger partial charge in [0.05, 0.1) is 41.2 Å². The molecule has 4 aliphatic heterocycles. The van der Waals surface area contributed by atoms with Crippen molar-refractivity contribution in [1.82, 2.24) is 19.6 Å². The van der Waals surface area contributed by atoms with E-state index in [1.54, 1.807) is 83.1 Å². The molecule has 34 heteroatoms. The van der Waals surface area contributed by atoms with E-state index in [1.807, 2.05) is 0 Å². The largest absolute Gasteiger partial charge is 0.480 e. The molecule has 8 aromatic carbocycles. The second-order valence-electron chi connectivity index (χ2n) is 28.8. The number of amides is 8. The monoisotopic (exact) mass is 1630 g/mol. The summed E-state index contributed by atoms with van der Waals surface area (Å²) in [5.41, 5.74) is -3.83. The van der Waals surface area contributed by atoms with Crippen molar-refractivity contribution in [2.24, 2.45) is 21.7 Å². The van der Waals surface area contributed by atoms with E-state index in [1.165, 1.54) is 121 Å². The van der Waals surface area contributed by atoms with Gasteiger partial charge in [-0.25, -0.2) is 19.2 Å². The molecule has 32 nitrogen and oxygen atoms in total. The van der Waals surface area contributed by atoms with Gasteiger partial charge in [0.2, 0.25) is 0 Å². The number of rotatable bonds is 12. The number of non-ortho nitro benzene ring substituents is 4. The maximum atomic E-state index is 13.0. The number of benzene rings is 8. The smallest absolute Gasteiger partial charge is 0.327 e. The second kappa shape index (κ2) is 29.3. The summed E-state index contributed by atoms with van der Waals surface area (Å²) >= 11 is 0. The Morgan fingerprint density at radius 2 is 0.425 bits per heavy atom. The average molecular weight is 1630 g/mol. The number of aliphatic carboxylic acids is 4. The van der Waals surface area contributed by atoms with Crippen molar-refractivity contribution in [2.45, 2.75) is 107 Å². The van der Waals surface area contributed by atoms with E-state index < -0.39 is 137 Å². The van der Waals surface area contributed by atoms with E-state index in [-0.39, 0.29) is 149 Å². The Balaban J connectivity index is 0.000000196. The van der Waals surface area contributed by atoms with Gasteiger partial charge in [0.15, 0.2) is 0 Å². The van der Waals surface area contributed by atoms with Crippen LogP contribution in [0.5, 0.6) is 0 Å². The van der Waals surface area contributed by atoms with Gasteiger partial charge >= 0.3 is 23.9 Å². The first-order chi connectivity index (χ1) is 48.2. The molecule has 2 radical (unpaired) electrons. The first-order valence-corrected chi connectivity index (χ1v) is 31.4. The van der Waals surface area contributed by atoms with Crippen molar-refractivity contribution in [2.75, 3.05) is 0 Å². The topological polar surface area (TPSA) is 471 Å². The number of carboxylic acids is 4. The number of hydrogen-bond acceptors (Lipinski definition) is 20. The van der Waals surface area contributed by atoms with Crippen LogP contribution >= 0.6 is 0 Å². The van der Waals surface area contributed by atoms with E-state index in [2.05, 4.69) is 0 Å². The van der Waals surface area contributed by atoms with Gasteiger partial charge in [-0.1, -0.05) is 107 Å². The molecule has 106 heavy (non-hydrogen) atoms. The summed E-state index contributed by atoms with van der Waals surface area (Å²) in [7, 11) is 0. The van der Waals surface area contributed by atoms with E-state index in [9.17, 15) is 118 Å². The SMILES string of the molecule is CC(C)(C)[C@@H](C(=O)O)N1C(=O)c2cccc3c([N+](=O)[O-])ccc(c23)C1=O.CC(C)(C)[C@@H](C(=O)O)N1C(=O)c2cccc3c([N+](=O)[O-])ccc(c23)C1=O.CC(C)(C)[C@@H](C(=O)O)N1C(=O)c2cccc3c([N+](=O)[O-])ccc(c23)C1=O.CC(C)(C)[C@@H](C(=O)O)N1C(=O)c2cccc3c([N+](=O)[O-])ccc(c23)C1=O.[Rh].[Rh]. The number of nitrogens with zero attached hydrogens (tertiary/aromatic N) is 8. The zero-order valence-corrected chi connectivity index (χ0v) is 61.3. The number of nitro groups is 4. The van der Waals surface area contributed by atoms with Crippen LogP contribution in [0, 0.1) is 62.1 Å². The van der Waals surface area contributed by atoms with Gasteiger partial charge < -0.3 is 20.4 Å². The number of carbonyl (C=O) groups is 12. The van der Waals surface area contributed by atoms with E-state index in [0.717, 1.165) is 19.6 Å². The second-order valence-corrected chi connectivity index (χ2v) is 28.8. The molecule has 12 rings (SSSR count). The molecule has 4 heterocycles. The third-order valence-corrected chi connectivity index (χ3v) is 17.7. The van der Waals surface area contributed by atoms with Crippen molar-refractivity contribution >= 4 is 137 Å². The Bertz CT molecular complexity index is 4530. The summed E-state index contributed by atoms with van der Waals surface area (Å²) in [5, 5.41) is 84.9. The minimum atomic E-state index is -1.37. The molecule has 0 saturated heterocycles. The van der Waals surface area contributed by atoms with Gasteiger partial charge in [-0.2, -0.15) is 0 Å². The van der Waals surface area contributed by atoms with Crippen LogP contribution in [0.2, 0.25) is 0 Å². The quantitative estimate of drug-likeness (QED) is 0.0382. The van der Waals surface area contributed by atoms with E-state index in [4.69, 9.17) is 0 Å². The molecule has 0 bridgehead atoms. The molecule has 0 spiro atoms. The summed E-state index contributed by atoms with van der Waals surface area (Å²) in [6, 6.07) is 21.9. The van der Waals surface area contributed by atoms with Crippen LogP contribution in [0.1, 0.15) is 166 Å². The van der Waals surface area contributed by atoms with Crippen LogP contribution in [0.15, 0.2) is 121 Å². The molecule has 4 atom stereocenters. The standard InChI is InChI=1S/4C18H16N2O6.2Rh/c4*1-18(2,3)14(17(23)24)19-15(21)10-6-4-5-9-12(20(25)26)8-7-11(13(9)10)16(19)22;;/h4*4-8,14H,1-3H3,(H,23,24);;/t4*14-;;/m1111../s1. The molecule has 0 aromatic heterocycles. The third kappa shape index (κ3) is 14.2. The first-order valence-electron chi connectivity index (χ1n) is 31.4. The number of nitro benzene ring substituents is 4. The van der Waals surface area contributed by atoms with Crippen LogP contribution in [-0.4, -0.2) is 155 Å². The van der Waals surface area contributed by atoms with Gasteiger partial charge in [-0.05, 0) is 94.5 Å². The van der Waals surface area contributed by atoms with Crippen molar-refractivity contribution in [3.8, 4) is 0 Å². The van der Waals surface area contributed by atoms with E-state index in [0.29, 0.717) is 0 Å². The van der Waals surface area contributed by atoms with Crippen LogP contribution in [-0.2, 0) is 58.1 Å². The van der Waals surface area contributed by atoms with Crippen LogP contribution in [0.4, 0.5) is 22.7 Å². The van der Waals surface area contributed by atoms with Crippen molar-refractivity contribution in [3.05, 3.63) is 206 Å². The fourth-order valence-corrected chi connectivity index (χ4v) is 13.4. The summed E-state index contributed by atoms with van der Waals surface area (Å²) in [5.74, 6) is -11.3. The molecule has 0 fully saturated rings. The van der Waals surface area contributed by atoms with Crippen molar-refractivity contribution in [3.63, 3.8) is 0 Å². The molecule has 4 N–H and O–H groups in total. The fourth-order valence-electron chi connectivity index (χ4n) is 13.4. The molecule has 4 aliphatic rings. The Kier molecular flexibility index (Phi) is 22.5. The van der Waals surface area contributed by atoms with Crippen molar-refractivity contribution in [1.29, 1.82) is 0 Å². The Morgan fingerprint density at radius 1 is 0.283 bits per heavy atom. The Morgan fingerprint density at radius 3 is 0.547 bits per heavy atom. The first kappa shape index (κ1) is 81.4. The van der Waals surface area contributed by atoms with Crippen LogP contribution < -0.4 is 0 Å². The maximum absolute atomic E-state index is 13.0. The number of carbonyl (C=O) groups excluding carboxylic acids is 8. The Labute approximate surface area is 625 Å². The zero-order chi connectivity index (χ0) is 77.5. The number of hydrogen-bond donors (Lipinski definition) is 4. The normalized spacial score (nSPS) is 15.0. The van der Waals surface area contributed by atoms with Crippen LogP contribution in [0.25, 0.3) is 43.1 Å². The van der Waals surface area contributed by atoms with Gasteiger partial charge in [0, 0.05) is 129 Å². The molecule has 0 aliphatic carbocycles. The van der Waals surface area contributed by atoms with Crippen LogP contribution in [0.3, 0.4) is 0 Å². The van der Waals surface area contributed by atoms with Gasteiger partial charge in [-0.15, -0.1) is 0 Å². The Hall–Kier alpha value is -11.9.